The zero-order valence-corrected chi connectivity index (χ0v) is 15.1. The summed E-state index contributed by atoms with van der Waals surface area (Å²) in [7, 11) is 0. The molecule has 29 heavy (non-hydrogen) atoms. The second-order valence-corrected chi connectivity index (χ2v) is 6.60. The van der Waals surface area contributed by atoms with Crippen molar-refractivity contribution in [2.24, 2.45) is 0 Å². The Balaban J connectivity index is 1.45. The van der Waals surface area contributed by atoms with Crippen LogP contribution in [0.5, 0.6) is 0 Å². The highest BCUT2D eigenvalue weighted by atomic mass is 19.1. The van der Waals surface area contributed by atoms with E-state index in [1.807, 2.05) is 0 Å². The Morgan fingerprint density at radius 3 is 2.72 bits per heavy atom. The van der Waals surface area contributed by atoms with E-state index in [1.165, 1.54) is 0 Å². The first-order valence-electron chi connectivity index (χ1n) is 8.83. The van der Waals surface area contributed by atoms with Crippen molar-refractivity contribution >= 4 is 11.9 Å². The molecular formula is C18H16F2N6O3. The average molecular weight is 402 g/mol. The number of aromatic nitrogens is 4. The number of nitrogens with two attached hydrogens (primary N) is 1. The topological polar surface area (TPSA) is 131 Å². The number of carbonyl (C=O) groups is 1. The van der Waals surface area contributed by atoms with Crippen LogP contribution < -0.4 is 11.3 Å². The number of fused-ring (bicyclic) bond motifs is 1. The van der Waals surface area contributed by atoms with E-state index in [2.05, 4.69) is 20.2 Å². The monoisotopic (exact) mass is 402 g/mol. The SMILES string of the molecule is Nc1nnc(CCC(=O)N2CCc3oc(-c4cc(F)cc(F)c4)nc3C2)c(=O)[nH]1. The maximum Gasteiger partial charge on any atom is 0.274 e. The Bertz CT molecular complexity index is 1120. The summed E-state index contributed by atoms with van der Waals surface area (Å²) in [6.45, 7) is 0.612. The molecule has 1 aromatic carbocycles. The van der Waals surface area contributed by atoms with E-state index in [0.717, 1.165) is 18.2 Å². The molecule has 4 rings (SSSR count). The summed E-state index contributed by atoms with van der Waals surface area (Å²) < 4.78 is 32.5. The molecule has 0 saturated heterocycles. The first kappa shape index (κ1) is 18.7. The first-order chi connectivity index (χ1) is 13.9. The van der Waals surface area contributed by atoms with Gasteiger partial charge in [0.15, 0.2) is 0 Å². The lowest BCUT2D eigenvalue weighted by Crippen LogP contribution is -2.36. The normalized spacial score (nSPS) is 13.4. The van der Waals surface area contributed by atoms with Crippen LogP contribution in [0.1, 0.15) is 23.6 Å². The maximum absolute atomic E-state index is 13.4. The van der Waals surface area contributed by atoms with E-state index in [-0.39, 0.29) is 48.4 Å². The summed E-state index contributed by atoms with van der Waals surface area (Å²) in [5.74, 6) is -1.05. The number of H-pyrrole nitrogens is 1. The molecule has 0 unspecified atom stereocenters. The highest BCUT2D eigenvalue weighted by molar-refractivity contribution is 5.76. The van der Waals surface area contributed by atoms with Gasteiger partial charge in [0.25, 0.3) is 5.56 Å². The number of amides is 1. The van der Waals surface area contributed by atoms with Gasteiger partial charge in [0.05, 0.1) is 6.54 Å². The maximum atomic E-state index is 13.4. The summed E-state index contributed by atoms with van der Waals surface area (Å²) in [5, 5.41) is 7.28. The molecule has 0 spiro atoms. The van der Waals surface area contributed by atoms with E-state index in [4.69, 9.17) is 10.2 Å². The smallest absolute Gasteiger partial charge is 0.274 e. The third kappa shape index (κ3) is 3.98. The van der Waals surface area contributed by atoms with Crippen LogP contribution in [0.4, 0.5) is 14.7 Å². The predicted molar refractivity (Wildman–Crippen MR) is 96.4 cm³/mol. The van der Waals surface area contributed by atoms with Gasteiger partial charge in [-0.3, -0.25) is 14.6 Å². The Hall–Kier alpha value is -3.63. The van der Waals surface area contributed by atoms with Crippen molar-refractivity contribution in [3.05, 3.63) is 57.3 Å². The number of anilines is 1. The molecule has 1 amide bonds. The highest BCUT2D eigenvalue weighted by Crippen LogP contribution is 2.27. The van der Waals surface area contributed by atoms with Crippen LogP contribution in [-0.2, 0) is 24.2 Å². The van der Waals surface area contributed by atoms with E-state index in [0.29, 0.717) is 24.4 Å². The van der Waals surface area contributed by atoms with Gasteiger partial charge in [-0.2, -0.15) is 0 Å². The van der Waals surface area contributed by atoms with Crippen LogP contribution in [0.25, 0.3) is 11.5 Å². The number of aromatic amines is 1. The standard InChI is InChI=1S/C18H16F2N6O3/c19-10-5-9(6-11(20)7-10)17-22-13-8-26(4-3-14(13)29-17)15(27)2-1-12-16(28)23-18(21)25-24-12/h5-7H,1-4,8H2,(H3,21,23,25,28). The minimum atomic E-state index is -0.728. The van der Waals surface area contributed by atoms with Crippen molar-refractivity contribution in [1.82, 2.24) is 25.1 Å². The minimum absolute atomic E-state index is 0.0663. The van der Waals surface area contributed by atoms with Crippen LogP contribution in [0.15, 0.2) is 27.4 Å². The molecule has 3 aromatic rings. The average Bonchev–Trinajstić information content (AvgIpc) is 3.09. The number of aryl methyl sites for hydroxylation is 1. The highest BCUT2D eigenvalue weighted by Gasteiger charge is 2.26. The van der Waals surface area contributed by atoms with Gasteiger partial charge >= 0.3 is 0 Å². The molecule has 0 bridgehead atoms. The largest absolute Gasteiger partial charge is 0.441 e. The zero-order valence-electron chi connectivity index (χ0n) is 15.1. The Labute approximate surface area is 162 Å². The molecular weight excluding hydrogens is 386 g/mol. The van der Waals surface area contributed by atoms with E-state index in [9.17, 15) is 18.4 Å². The second-order valence-electron chi connectivity index (χ2n) is 6.60. The molecule has 11 heteroatoms. The van der Waals surface area contributed by atoms with E-state index < -0.39 is 17.2 Å². The van der Waals surface area contributed by atoms with Crippen molar-refractivity contribution in [2.75, 3.05) is 12.3 Å². The molecule has 0 atom stereocenters. The van der Waals surface area contributed by atoms with Gasteiger partial charge in [-0.1, -0.05) is 0 Å². The molecule has 0 aliphatic carbocycles. The fourth-order valence-corrected chi connectivity index (χ4v) is 3.13. The molecule has 1 aliphatic rings. The molecule has 0 fully saturated rings. The number of hydrogen-bond donors (Lipinski definition) is 2. The molecule has 2 aromatic heterocycles. The van der Waals surface area contributed by atoms with Crippen LogP contribution in [-0.4, -0.2) is 37.5 Å². The van der Waals surface area contributed by atoms with Gasteiger partial charge in [0, 0.05) is 37.4 Å². The Kier molecular flexibility index (Phi) is 4.79. The van der Waals surface area contributed by atoms with Gasteiger partial charge in [-0.05, 0) is 12.1 Å². The quantitative estimate of drug-likeness (QED) is 0.670. The number of benzene rings is 1. The third-order valence-corrected chi connectivity index (χ3v) is 4.55. The number of nitrogen functional groups attached to an aromatic ring is 1. The molecule has 0 saturated carbocycles. The number of carbonyl (C=O) groups excluding carboxylic acids is 1. The lowest BCUT2D eigenvalue weighted by atomic mass is 10.1. The Morgan fingerprint density at radius 1 is 1.24 bits per heavy atom. The van der Waals surface area contributed by atoms with Gasteiger partial charge in [0.2, 0.25) is 17.7 Å². The number of oxazole rings is 1. The number of nitrogens with zero attached hydrogens (tertiary/aromatic N) is 4. The van der Waals surface area contributed by atoms with Crippen molar-refractivity contribution < 1.29 is 18.0 Å². The zero-order chi connectivity index (χ0) is 20.5. The van der Waals surface area contributed by atoms with Gasteiger partial charge < -0.3 is 15.1 Å². The molecule has 3 N–H and O–H groups in total. The Morgan fingerprint density at radius 2 is 2.00 bits per heavy atom. The van der Waals surface area contributed by atoms with Gasteiger partial charge in [0.1, 0.15) is 28.8 Å². The lowest BCUT2D eigenvalue weighted by molar-refractivity contribution is -0.132. The van der Waals surface area contributed by atoms with Crippen molar-refractivity contribution in [1.29, 1.82) is 0 Å². The molecule has 9 nitrogen and oxygen atoms in total. The summed E-state index contributed by atoms with van der Waals surface area (Å²) >= 11 is 0. The van der Waals surface area contributed by atoms with Crippen LogP contribution >= 0.6 is 0 Å². The van der Waals surface area contributed by atoms with Crippen LogP contribution in [0, 0.1) is 11.6 Å². The lowest BCUT2D eigenvalue weighted by Gasteiger charge is -2.25. The third-order valence-electron chi connectivity index (χ3n) is 4.55. The van der Waals surface area contributed by atoms with E-state index in [1.54, 1.807) is 4.90 Å². The van der Waals surface area contributed by atoms with Crippen molar-refractivity contribution in [3.63, 3.8) is 0 Å². The molecule has 3 heterocycles. The van der Waals surface area contributed by atoms with E-state index >= 15 is 0 Å². The van der Waals surface area contributed by atoms with Crippen LogP contribution in [0.2, 0.25) is 0 Å². The number of halogens is 2. The summed E-state index contributed by atoms with van der Waals surface area (Å²) in [6.07, 6.45) is 0.613. The second kappa shape index (κ2) is 7.41. The minimum Gasteiger partial charge on any atom is -0.441 e. The van der Waals surface area contributed by atoms with Crippen molar-refractivity contribution in [2.45, 2.75) is 25.8 Å². The molecule has 150 valence electrons. The van der Waals surface area contributed by atoms with Crippen molar-refractivity contribution in [3.8, 4) is 11.5 Å². The number of rotatable bonds is 4. The van der Waals surface area contributed by atoms with Crippen LogP contribution in [0.3, 0.4) is 0 Å². The fourth-order valence-electron chi connectivity index (χ4n) is 3.13. The number of hydrogen-bond acceptors (Lipinski definition) is 7. The predicted octanol–water partition coefficient (Wildman–Crippen LogP) is 1.20. The van der Waals surface area contributed by atoms with Gasteiger partial charge in [-0.25, -0.2) is 13.8 Å². The molecule has 0 radical (unpaired) electrons. The summed E-state index contributed by atoms with van der Waals surface area (Å²) in [5.41, 5.74) is 5.72. The summed E-state index contributed by atoms with van der Waals surface area (Å²) in [4.78, 5) is 32.5. The number of nitrogens with one attached hydrogen (secondary N) is 1. The fraction of sp³-hybridized carbons (Fsp3) is 0.278. The van der Waals surface area contributed by atoms with Gasteiger partial charge in [-0.15, -0.1) is 10.2 Å². The summed E-state index contributed by atoms with van der Waals surface area (Å²) in [6, 6.07) is 3.03. The first-order valence-corrected chi connectivity index (χ1v) is 8.83. The molecule has 1 aliphatic heterocycles.